The summed E-state index contributed by atoms with van der Waals surface area (Å²) < 4.78 is 106. The number of sulfonamides is 1. The molecule has 1 aliphatic carbocycles. The van der Waals surface area contributed by atoms with Gasteiger partial charge in [0.05, 0.1) is 21.5 Å². The van der Waals surface area contributed by atoms with Crippen LogP contribution in [-0.2, 0) is 22.4 Å². The molecule has 2 aromatic carbocycles. The molecular weight excluding hydrogens is 532 g/mol. The Balaban J connectivity index is 1.46. The summed E-state index contributed by atoms with van der Waals surface area (Å²) in [5.41, 5.74) is -1.84. The predicted molar refractivity (Wildman–Crippen MR) is 123 cm³/mol. The minimum absolute atomic E-state index is 0.0163. The molecule has 0 unspecified atom stereocenters. The number of aromatic nitrogens is 1. The number of benzene rings is 2. The van der Waals surface area contributed by atoms with Crippen LogP contribution in [0.3, 0.4) is 0 Å². The van der Waals surface area contributed by atoms with Crippen molar-refractivity contribution >= 4 is 38.2 Å². The maximum Gasteiger partial charge on any atom is 0.416 e. The molecule has 5 nitrogen and oxygen atoms in total. The molecule has 1 saturated carbocycles. The van der Waals surface area contributed by atoms with Crippen LogP contribution in [0.25, 0.3) is 10.9 Å². The summed E-state index contributed by atoms with van der Waals surface area (Å²) in [4.78, 5) is 3.20. The van der Waals surface area contributed by atoms with E-state index in [9.17, 15) is 34.8 Å². The Kier molecular flexibility index (Phi) is 7.15. The summed E-state index contributed by atoms with van der Waals surface area (Å²) in [6.45, 7) is 0. The lowest BCUT2D eigenvalue weighted by Crippen LogP contribution is -2.40. The van der Waals surface area contributed by atoms with Gasteiger partial charge in [-0.15, -0.1) is 0 Å². The molecule has 1 aromatic heterocycles. The molecule has 36 heavy (non-hydrogen) atoms. The number of alkyl halides is 6. The highest BCUT2D eigenvalue weighted by Crippen LogP contribution is 2.37. The van der Waals surface area contributed by atoms with Crippen molar-refractivity contribution in [2.75, 3.05) is 5.32 Å². The van der Waals surface area contributed by atoms with E-state index in [1.54, 1.807) is 24.4 Å². The second kappa shape index (κ2) is 9.71. The van der Waals surface area contributed by atoms with Gasteiger partial charge in [0.25, 0.3) is 0 Å². The van der Waals surface area contributed by atoms with Gasteiger partial charge in [0.1, 0.15) is 0 Å². The third-order valence-electron chi connectivity index (χ3n) is 5.98. The number of rotatable bonds is 5. The Morgan fingerprint density at radius 3 is 2.00 bits per heavy atom. The van der Waals surface area contributed by atoms with Gasteiger partial charge in [0.2, 0.25) is 10.0 Å². The van der Waals surface area contributed by atoms with Crippen molar-refractivity contribution in [1.82, 2.24) is 9.71 Å². The van der Waals surface area contributed by atoms with Crippen molar-refractivity contribution in [2.24, 2.45) is 0 Å². The quantitative estimate of drug-likeness (QED) is 0.349. The van der Waals surface area contributed by atoms with E-state index >= 15 is 0 Å². The summed E-state index contributed by atoms with van der Waals surface area (Å²) >= 11 is 6.01. The molecule has 0 saturated heterocycles. The summed E-state index contributed by atoms with van der Waals surface area (Å²) in [6.07, 6.45) is -6.91. The highest BCUT2D eigenvalue weighted by Gasteiger charge is 2.38. The van der Waals surface area contributed by atoms with E-state index in [-0.39, 0.29) is 24.2 Å². The van der Waals surface area contributed by atoms with E-state index in [1.165, 1.54) is 0 Å². The average molecular weight is 552 g/mol. The zero-order valence-electron chi connectivity index (χ0n) is 18.4. The molecule has 13 heteroatoms. The van der Waals surface area contributed by atoms with E-state index in [0.717, 1.165) is 11.1 Å². The third kappa shape index (κ3) is 6.04. The first-order chi connectivity index (χ1) is 16.7. The molecule has 1 fully saturated rings. The average Bonchev–Trinajstić information content (AvgIpc) is 2.78. The van der Waals surface area contributed by atoms with Crippen molar-refractivity contribution in [3.05, 3.63) is 64.8 Å². The number of halogens is 7. The fraction of sp³-hybridized carbons (Fsp3) is 0.348. The van der Waals surface area contributed by atoms with Crippen molar-refractivity contribution in [1.29, 1.82) is 0 Å². The highest BCUT2D eigenvalue weighted by atomic mass is 35.5. The third-order valence-corrected chi connectivity index (χ3v) is 7.72. The van der Waals surface area contributed by atoms with E-state index in [1.807, 2.05) is 6.07 Å². The number of nitrogens with zero attached hydrogens (tertiary/aromatic N) is 1. The van der Waals surface area contributed by atoms with Crippen molar-refractivity contribution < 1.29 is 34.8 Å². The van der Waals surface area contributed by atoms with Crippen molar-refractivity contribution in [3.63, 3.8) is 0 Å². The predicted octanol–water partition coefficient (Wildman–Crippen LogP) is 6.63. The Morgan fingerprint density at radius 2 is 1.42 bits per heavy atom. The van der Waals surface area contributed by atoms with Crippen molar-refractivity contribution in [2.45, 2.75) is 55.0 Å². The van der Waals surface area contributed by atoms with Gasteiger partial charge < -0.3 is 5.32 Å². The second-order valence-electron chi connectivity index (χ2n) is 8.58. The zero-order valence-corrected chi connectivity index (χ0v) is 20.0. The molecule has 0 spiro atoms. The van der Waals surface area contributed by atoms with Crippen LogP contribution in [0.15, 0.2) is 53.6 Å². The Hall–Kier alpha value is -2.57. The number of fused-ring (bicyclic) bond motifs is 1. The highest BCUT2D eigenvalue weighted by molar-refractivity contribution is 7.89. The number of hydrogen-bond donors (Lipinski definition) is 2. The molecule has 0 amide bonds. The van der Waals surface area contributed by atoms with Gasteiger partial charge in [-0.05, 0) is 68.1 Å². The lowest BCUT2D eigenvalue weighted by molar-refractivity contribution is -0.143. The first-order valence-electron chi connectivity index (χ1n) is 10.8. The number of pyridine rings is 1. The standard InChI is InChI=1S/C23H20ClF6N3O2S/c24-15-1-6-19-20(7-8-31-21(19)12-15)32-16-2-4-17(5-3-16)33-36(34,35)18-10-13(22(25,26)27)9-14(11-18)23(28,29)30/h1,6-12,16-17,33H,2-5H2,(H,31,32)/t16-,17+. The summed E-state index contributed by atoms with van der Waals surface area (Å²) in [5, 5.41) is 4.80. The topological polar surface area (TPSA) is 71.1 Å². The summed E-state index contributed by atoms with van der Waals surface area (Å²) in [6, 6.07) is 6.77. The molecule has 4 rings (SSSR count). The van der Waals surface area contributed by atoms with Crippen LogP contribution < -0.4 is 10.0 Å². The minimum atomic E-state index is -5.14. The normalized spacial score (nSPS) is 19.4. The monoisotopic (exact) mass is 551 g/mol. The lowest BCUT2D eigenvalue weighted by Gasteiger charge is -2.30. The first-order valence-corrected chi connectivity index (χ1v) is 12.7. The van der Waals surface area contributed by atoms with Crippen LogP contribution in [0.5, 0.6) is 0 Å². The van der Waals surface area contributed by atoms with E-state index < -0.39 is 44.4 Å². The van der Waals surface area contributed by atoms with Crippen molar-refractivity contribution in [3.8, 4) is 0 Å². The van der Waals surface area contributed by atoms with Gasteiger partial charge >= 0.3 is 12.4 Å². The maximum absolute atomic E-state index is 13.1. The minimum Gasteiger partial charge on any atom is -0.382 e. The largest absolute Gasteiger partial charge is 0.416 e. The van der Waals surface area contributed by atoms with E-state index in [2.05, 4.69) is 15.0 Å². The lowest BCUT2D eigenvalue weighted by atomic mass is 9.91. The van der Waals surface area contributed by atoms with Gasteiger partial charge in [-0.2, -0.15) is 26.3 Å². The molecule has 1 heterocycles. The number of nitrogens with one attached hydrogen (secondary N) is 2. The second-order valence-corrected chi connectivity index (χ2v) is 10.7. The molecule has 1 aliphatic rings. The molecular formula is C23H20ClF6N3O2S. The fourth-order valence-electron chi connectivity index (χ4n) is 4.19. The number of anilines is 1. The van der Waals surface area contributed by atoms with Crippen LogP contribution >= 0.6 is 11.6 Å². The zero-order chi connectivity index (χ0) is 26.3. The molecule has 0 aliphatic heterocycles. The van der Waals surface area contributed by atoms with E-state index in [0.29, 0.717) is 36.2 Å². The first kappa shape index (κ1) is 26.5. The summed E-state index contributed by atoms with van der Waals surface area (Å²) in [5.74, 6) is 0. The maximum atomic E-state index is 13.1. The Bertz CT molecular complexity index is 1340. The Labute approximate surface area is 207 Å². The Morgan fingerprint density at radius 1 is 0.833 bits per heavy atom. The van der Waals surface area contributed by atoms with Crippen LogP contribution in [0.2, 0.25) is 5.02 Å². The van der Waals surface area contributed by atoms with Gasteiger partial charge in [0, 0.05) is 34.4 Å². The summed E-state index contributed by atoms with van der Waals surface area (Å²) in [7, 11) is -4.63. The molecule has 0 radical (unpaired) electrons. The SMILES string of the molecule is O=S(=O)(N[C@H]1CC[C@@H](Nc2ccnc3cc(Cl)ccc23)CC1)c1cc(C(F)(F)F)cc(C(F)(F)F)c1. The van der Waals surface area contributed by atoms with Crippen LogP contribution in [0, 0.1) is 0 Å². The van der Waals surface area contributed by atoms with Gasteiger partial charge in [0.15, 0.2) is 0 Å². The molecule has 194 valence electrons. The molecule has 3 aromatic rings. The van der Waals surface area contributed by atoms with Crippen LogP contribution in [0.4, 0.5) is 32.0 Å². The van der Waals surface area contributed by atoms with E-state index in [4.69, 9.17) is 11.6 Å². The fourth-order valence-corrected chi connectivity index (χ4v) is 5.73. The van der Waals surface area contributed by atoms with Gasteiger partial charge in [-0.25, -0.2) is 13.1 Å². The van der Waals surface area contributed by atoms with Gasteiger partial charge in [-0.3, -0.25) is 4.98 Å². The van der Waals surface area contributed by atoms with Gasteiger partial charge in [-0.1, -0.05) is 11.6 Å². The number of hydrogen-bond acceptors (Lipinski definition) is 4. The van der Waals surface area contributed by atoms with Crippen LogP contribution in [-0.4, -0.2) is 25.5 Å². The molecule has 2 N–H and O–H groups in total. The van der Waals surface area contributed by atoms with Crippen LogP contribution in [0.1, 0.15) is 36.8 Å². The molecule has 0 bridgehead atoms. The smallest absolute Gasteiger partial charge is 0.382 e. The molecule has 0 atom stereocenters.